The van der Waals surface area contributed by atoms with Crippen LogP contribution < -0.4 is 0 Å². The largest absolute Gasteiger partial charge is 0.469 e. The molecule has 1 unspecified atom stereocenters. The standard InChI is InChI=1S/C35H47NO3/c1-8-17-34(38,9-2)18-16-28-12-13-30(19-25(28)5)35(10-3,11-4)31-14-15-32(26(6)20-31)29-21-27(23-36-24-29)22-33(37)39-7/h12-15,19-21,23-24,38H,8-11,16-18,22H2,1-7H3. The van der Waals surface area contributed by atoms with Crippen LogP contribution in [0, 0.1) is 13.8 Å². The predicted octanol–water partition coefficient (Wildman–Crippen LogP) is 8.06. The third kappa shape index (κ3) is 6.97. The van der Waals surface area contributed by atoms with Gasteiger partial charge in [0.2, 0.25) is 0 Å². The zero-order chi connectivity index (χ0) is 28.6. The smallest absolute Gasteiger partial charge is 0.310 e. The van der Waals surface area contributed by atoms with Crippen molar-refractivity contribution in [1.82, 2.24) is 4.98 Å². The van der Waals surface area contributed by atoms with Crippen LogP contribution in [0.15, 0.2) is 54.9 Å². The van der Waals surface area contributed by atoms with Crippen molar-refractivity contribution >= 4 is 5.97 Å². The van der Waals surface area contributed by atoms with Gasteiger partial charge in [0.05, 0.1) is 19.1 Å². The Kier molecular flexibility index (Phi) is 10.5. The number of nitrogens with zero attached hydrogens (tertiary/aromatic N) is 1. The van der Waals surface area contributed by atoms with Crippen LogP contribution in [0.4, 0.5) is 0 Å². The maximum absolute atomic E-state index is 11.8. The van der Waals surface area contributed by atoms with E-state index < -0.39 is 5.60 Å². The lowest BCUT2D eigenvalue weighted by Gasteiger charge is -2.34. The van der Waals surface area contributed by atoms with Gasteiger partial charge in [0.15, 0.2) is 0 Å². The quantitative estimate of drug-likeness (QED) is 0.228. The van der Waals surface area contributed by atoms with Crippen molar-refractivity contribution in [3.8, 4) is 11.1 Å². The molecule has 0 fully saturated rings. The second-order valence-corrected chi connectivity index (χ2v) is 11.1. The second-order valence-electron chi connectivity index (χ2n) is 11.1. The molecule has 3 aromatic rings. The summed E-state index contributed by atoms with van der Waals surface area (Å²) in [4.78, 5) is 16.1. The molecule has 0 spiro atoms. The van der Waals surface area contributed by atoms with Gasteiger partial charge in [0.1, 0.15) is 0 Å². The maximum atomic E-state index is 11.8. The minimum atomic E-state index is -0.565. The first-order chi connectivity index (χ1) is 18.6. The van der Waals surface area contributed by atoms with E-state index in [4.69, 9.17) is 4.74 Å². The van der Waals surface area contributed by atoms with Gasteiger partial charge >= 0.3 is 5.97 Å². The van der Waals surface area contributed by atoms with Crippen LogP contribution in [-0.4, -0.2) is 28.8 Å². The highest BCUT2D eigenvalue weighted by molar-refractivity contribution is 5.74. The number of ether oxygens (including phenoxy) is 1. The van der Waals surface area contributed by atoms with E-state index in [9.17, 15) is 9.90 Å². The molecule has 0 aliphatic carbocycles. The number of methoxy groups -OCH3 is 1. The Morgan fingerprint density at radius 3 is 2.10 bits per heavy atom. The molecule has 3 rings (SSSR count). The van der Waals surface area contributed by atoms with Crippen LogP contribution in [0.2, 0.25) is 0 Å². The van der Waals surface area contributed by atoms with E-state index in [1.54, 1.807) is 6.20 Å². The highest BCUT2D eigenvalue weighted by Crippen LogP contribution is 2.41. The fourth-order valence-electron chi connectivity index (χ4n) is 6.07. The summed E-state index contributed by atoms with van der Waals surface area (Å²) in [5.74, 6) is -0.264. The van der Waals surface area contributed by atoms with Gasteiger partial charge in [0.25, 0.3) is 0 Å². The molecule has 4 nitrogen and oxygen atoms in total. The number of aryl methyl sites for hydroxylation is 3. The first-order valence-electron chi connectivity index (χ1n) is 14.6. The summed E-state index contributed by atoms with van der Waals surface area (Å²) in [6.45, 7) is 13.2. The molecule has 1 heterocycles. The van der Waals surface area contributed by atoms with Crippen LogP contribution in [0.1, 0.15) is 99.6 Å². The van der Waals surface area contributed by atoms with Gasteiger partial charge in [-0.3, -0.25) is 9.78 Å². The van der Waals surface area contributed by atoms with Crippen molar-refractivity contribution in [2.24, 2.45) is 0 Å². The molecular weight excluding hydrogens is 482 g/mol. The summed E-state index contributed by atoms with van der Waals surface area (Å²) in [6.07, 6.45) is 10.2. The minimum Gasteiger partial charge on any atom is -0.469 e. The Morgan fingerprint density at radius 1 is 0.872 bits per heavy atom. The van der Waals surface area contributed by atoms with Crippen molar-refractivity contribution in [1.29, 1.82) is 0 Å². The molecule has 0 aliphatic rings. The normalized spacial score (nSPS) is 13.2. The Morgan fingerprint density at radius 2 is 1.54 bits per heavy atom. The van der Waals surface area contributed by atoms with Crippen molar-refractivity contribution in [2.75, 3.05) is 7.11 Å². The van der Waals surface area contributed by atoms with E-state index >= 15 is 0 Å². The molecule has 0 bridgehead atoms. The molecule has 210 valence electrons. The van der Waals surface area contributed by atoms with Crippen LogP contribution in [0.5, 0.6) is 0 Å². The molecule has 0 aliphatic heterocycles. The molecule has 0 saturated heterocycles. The summed E-state index contributed by atoms with van der Waals surface area (Å²) in [7, 11) is 1.41. The Hall–Kier alpha value is -2.98. The van der Waals surface area contributed by atoms with Gasteiger partial charge in [-0.15, -0.1) is 0 Å². The van der Waals surface area contributed by atoms with E-state index in [0.717, 1.165) is 61.6 Å². The second kappa shape index (κ2) is 13.4. The SMILES string of the molecule is CCCC(O)(CC)CCc1ccc(C(CC)(CC)c2ccc(-c3cncc(CC(=O)OC)c3)c(C)c2)cc1C. The average Bonchev–Trinajstić information content (AvgIpc) is 2.94. The first-order valence-corrected chi connectivity index (χ1v) is 14.6. The predicted molar refractivity (Wildman–Crippen MR) is 161 cm³/mol. The zero-order valence-corrected chi connectivity index (χ0v) is 25.1. The number of hydrogen-bond acceptors (Lipinski definition) is 4. The van der Waals surface area contributed by atoms with Gasteiger partial charge in [-0.25, -0.2) is 0 Å². The van der Waals surface area contributed by atoms with E-state index in [0.29, 0.717) is 0 Å². The molecule has 0 radical (unpaired) electrons. The number of carbonyl (C=O) groups excluding carboxylic acids is 1. The number of carbonyl (C=O) groups is 1. The van der Waals surface area contributed by atoms with E-state index in [2.05, 4.69) is 82.9 Å². The van der Waals surface area contributed by atoms with Crippen molar-refractivity contribution in [3.63, 3.8) is 0 Å². The third-order valence-corrected chi connectivity index (χ3v) is 8.80. The van der Waals surface area contributed by atoms with Gasteiger partial charge < -0.3 is 9.84 Å². The molecule has 0 amide bonds. The number of aliphatic hydroxyl groups is 1. The Balaban J connectivity index is 1.92. The molecule has 4 heteroatoms. The zero-order valence-electron chi connectivity index (χ0n) is 25.1. The van der Waals surface area contributed by atoms with Gasteiger partial charge in [-0.05, 0) is 97.4 Å². The highest BCUT2D eigenvalue weighted by atomic mass is 16.5. The number of aromatic nitrogens is 1. The van der Waals surface area contributed by atoms with Gasteiger partial charge in [-0.2, -0.15) is 0 Å². The summed E-state index contributed by atoms with van der Waals surface area (Å²) in [5.41, 5.74) is 8.83. The minimum absolute atomic E-state index is 0.0794. The van der Waals surface area contributed by atoms with Crippen LogP contribution in [-0.2, 0) is 27.8 Å². The van der Waals surface area contributed by atoms with Crippen molar-refractivity contribution in [2.45, 2.75) is 104 Å². The fourth-order valence-corrected chi connectivity index (χ4v) is 6.07. The topological polar surface area (TPSA) is 59.4 Å². The monoisotopic (exact) mass is 529 g/mol. The third-order valence-electron chi connectivity index (χ3n) is 8.80. The number of hydrogen-bond donors (Lipinski definition) is 1. The van der Waals surface area contributed by atoms with E-state index in [-0.39, 0.29) is 17.8 Å². The number of pyridine rings is 1. The summed E-state index contributed by atoms with van der Waals surface area (Å²) in [5, 5.41) is 11.0. The molecule has 39 heavy (non-hydrogen) atoms. The summed E-state index contributed by atoms with van der Waals surface area (Å²) < 4.78 is 4.82. The maximum Gasteiger partial charge on any atom is 0.310 e. The first kappa shape index (κ1) is 30.6. The lowest BCUT2D eigenvalue weighted by molar-refractivity contribution is -0.139. The molecule has 0 saturated carbocycles. The fraction of sp³-hybridized carbons (Fsp3) is 0.486. The number of esters is 1. The highest BCUT2D eigenvalue weighted by Gasteiger charge is 2.32. The number of rotatable bonds is 13. The molecular formula is C35H47NO3. The lowest BCUT2D eigenvalue weighted by atomic mass is 9.69. The Labute approximate surface area is 235 Å². The molecule has 1 N–H and O–H groups in total. The van der Waals surface area contributed by atoms with E-state index in [1.165, 1.54) is 34.9 Å². The Bertz CT molecular complexity index is 1260. The van der Waals surface area contributed by atoms with Crippen LogP contribution in [0.25, 0.3) is 11.1 Å². The van der Waals surface area contributed by atoms with Crippen molar-refractivity contribution < 1.29 is 14.6 Å². The molecule has 1 aromatic heterocycles. The average molecular weight is 530 g/mol. The lowest BCUT2D eigenvalue weighted by Crippen LogP contribution is -2.28. The van der Waals surface area contributed by atoms with Crippen LogP contribution >= 0.6 is 0 Å². The van der Waals surface area contributed by atoms with Gasteiger partial charge in [-0.1, -0.05) is 70.5 Å². The van der Waals surface area contributed by atoms with Crippen molar-refractivity contribution in [3.05, 3.63) is 88.2 Å². The molecule has 2 aromatic carbocycles. The van der Waals surface area contributed by atoms with Crippen LogP contribution in [0.3, 0.4) is 0 Å². The molecule has 1 atom stereocenters. The van der Waals surface area contributed by atoms with Gasteiger partial charge in [0, 0.05) is 23.4 Å². The number of benzene rings is 2. The summed E-state index contributed by atoms with van der Waals surface area (Å²) in [6, 6.07) is 15.8. The van der Waals surface area contributed by atoms with E-state index in [1.807, 2.05) is 12.3 Å². The summed E-state index contributed by atoms with van der Waals surface area (Å²) >= 11 is 0.